The molecule has 1 aliphatic rings. The molecule has 20 heavy (non-hydrogen) atoms. The fraction of sp³-hybridized carbons (Fsp3) is 0.250. The van der Waals surface area contributed by atoms with Crippen LogP contribution in [-0.2, 0) is 13.0 Å². The lowest BCUT2D eigenvalue weighted by atomic mass is 9.98. The van der Waals surface area contributed by atoms with E-state index in [1.54, 1.807) is 12.1 Å². The van der Waals surface area contributed by atoms with Crippen LogP contribution in [0.3, 0.4) is 0 Å². The highest BCUT2D eigenvalue weighted by molar-refractivity contribution is 6.30. The van der Waals surface area contributed by atoms with E-state index >= 15 is 0 Å². The maximum absolute atomic E-state index is 13.9. The molecule has 1 aliphatic heterocycles. The average molecular weight is 291 g/mol. The molecule has 0 saturated carbocycles. The van der Waals surface area contributed by atoms with Crippen molar-refractivity contribution in [1.29, 1.82) is 0 Å². The number of halogens is 2. The third-order valence-electron chi connectivity index (χ3n) is 3.64. The van der Waals surface area contributed by atoms with Crippen LogP contribution in [0.15, 0.2) is 42.5 Å². The molecule has 2 aromatic carbocycles. The van der Waals surface area contributed by atoms with E-state index in [1.807, 2.05) is 12.1 Å². The van der Waals surface area contributed by atoms with Gasteiger partial charge in [0.1, 0.15) is 5.82 Å². The Morgan fingerprint density at radius 2 is 2.05 bits per heavy atom. The second-order valence-corrected chi connectivity index (χ2v) is 5.65. The normalized spacial score (nSPS) is 17.9. The summed E-state index contributed by atoms with van der Waals surface area (Å²) in [6.45, 7) is 1.21. The summed E-state index contributed by atoms with van der Waals surface area (Å²) >= 11 is 5.95. The molecule has 2 aromatic rings. The van der Waals surface area contributed by atoms with E-state index in [-0.39, 0.29) is 11.9 Å². The highest BCUT2D eigenvalue weighted by Crippen LogP contribution is 2.28. The zero-order chi connectivity index (χ0) is 14.1. The van der Waals surface area contributed by atoms with Crippen molar-refractivity contribution < 1.29 is 4.39 Å². The molecule has 2 nitrogen and oxygen atoms in total. The second kappa shape index (κ2) is 5.43. The smallest absolute Gasteiger partial charge is 0.128 e. The summed E-state index contributed by atoms with van der Waals surface area (Å²) in [6, 6.07) is 12.9. The summed E-state index contributed by atoms with van der Waals surface area (Å²) in [5.74, 6) is -0.231. The number of nitrogens with zero attached hydrogens (tertiary/aromatic N) is 1. The number of para-hydroxylation sites is 1. The summed E-state index contributed by atoms with van der Waals surface area (Å²) in [6.07, 6.45) is 0.866. The Bertz CT molecular complexity index is 630. The van der Waals surface area contributed by atoms with Gasteiger partial charge in [-0.2, -0.15) is 0 Å². The third kappa shape index (κ3) is 2.65. The van der Waals surface area contributed by atoms with Gasteiger partial charge in [0.25, 0.3) is 0 Å². The van der Waals surface area contributed by atoms with Gasteiger partial charge < -0.3 is 10.6 Å². The van der Waals surface area contributed by atoms with Gasteiger partial charge in [-0.25, -0.2) is 4.39 Å². The van der Waals surface area contributed by atoms with Crippen LogP contribution >= 0.6 is 11.6 Å². The molecule has 0 radical (unpaired) electrons. The number of nitrogens with two attached hydrogens (primary N) is 1. The van der Waals surface area contributed by atoms with Gasteiger partial charge in [0, 0.05) is 35.4 Å². The Labute approximate surface area is 123 Å². The summed E-state index contributed by atoms with van der Waals surface area (Å²) in [7, 11) is 0. The monoisotopic (exact) mass is 290 g/mol. The molecule has 0 amide bonds. The Kier molecular flexibility index (Phi) is 3.64. The number of fused-ring (bicyclic) bond motifs is 1. The van der Waals surface area contributed by atoms with Crippen molar-refractivity contribution >= 4 is 17.3 Å². The summed E-state index contributed by atoms with van der Waals surface area (Å²) in [4.78, 5) is 2.12. The molecule has 3 rings (SSSR count). The molecule has 0 saturated heterocycles. The molecule has 0 fully saturated rings. The Hall–Kier alpha value is -1.58. The van der Waals surface area contributed by atoms with Crippen molar-refractivity contribution in [2.75, 3.05) is 11.4 Å². The van der Waals surface area contributed by atoms with E-state index < -0.39 is 0 Å². The molecule has 104 valence electrons. The molecule has 0 aromatic heterocycles. The van der Waals surface area contributed by atoms with E-state index in [4.69, 9.17) is 17.3 Å². The molecule has 0 aliphatic carbocycles. The number of rotatable bonds is 2. The van der Waals surface area contributed by atoms with E-state index in [1.165, 1.54) is 11.6 Å². The van der Waals surface area contributed by atoms with Crippen molar-refractivity contribution in [1.82, 2.24) is 0 Å². The van der Waals surface area contributed by atoms with Crippen molar-refractivity contribution in [2.45, 2.75) is 19.0 Å². The van der Waals surface area contributed by atoms with Crippen molar-refractivity contribution in [3.63, 3.8) is 0 Å². The Morgan fingerprint density at radius 3 is 2.90 bits per heavy atom. The number of hydrogen-bond donors (Lipinski definition) is 1. The summed E-state index contributed by atoms with van der Waals surface area (Å²) < 4.78 is 13.9. The first-order valence-electron chi connectivity index (χ1n) is 6.66. The molecule has 2 N–H and O–H groups in total. The average Bonchev–Trinajstić information content (AvgIpc) is 2.43. The van der Waals surface area contributed by atoms with Gasteiger partial charge in [0.15, 0.2) is 0 Å². The fourth-order valence-corrected chi connectivity index (χ4v) is 2.93. The van der Waals surface area contributed by atoms with Crippen LogP contribution < -0.4 is 10.6 Å². The molecule has 0 spiro atoms. The number of anilines is 1. The van der Waals surface area contributed by atoms with Gasteiger partial charge >= 0.3 is 0 Å². The molecule has 1 unspecified atom stereocenters. The van der Waals surface area contributed by atoms with E-state index in [0.717, 1.165) is 18.7 Å². The minimum absolute atomic E-state index is 0.0761. The minimum Gasteiger partial charge on any atom is -0.365 e. The lowest BCUT2D eigenvalue weighted by Gasteiger charge is -2.34. The molecule has 0 bridgehead atoms. The SMILES string of the molecule is NC1Cc2ccccc2N(Cc2cc(Cl)ccc2F)C1. The van der Waals surface area contributed by atoms with Gasteiger partial charge in [-0.15, -0.1) is 0 Å². The Balaban J connectivity index is 1.93. The van der Waals surface area contributed by atoms with Gasteiger partial charge in [-0.3, -0.25) is 0 Å². The van der Waals surface area contributed by atoms with Crippen molar-refractivity contribution in [2.24, 2.45) is 5.73 Å². The second-order valence-electron chi connectivity index (χ2n) is 5.21. The van der Waals surface area contributed by atoms with Crippen molar-refractivity contribution in [3.05, 3.63) is 64.4 Å². The zero-order valence-electron chi connectivity index (χ0n) is 11.0. The summed E-state index contributed by atoms with van der Waals surface area (Å²) in [5, 5.41) is 0.552. The first-order chi connectivity index (χ1) is 9.63. The van der Waals surface area contributed by atoms with E-state index in [0.29, 0.717) is 17.1 Å². The lowest BCUT2D eigenvalue weighted by Crippen LogP contribution is -2.43. The highest BCUT2D eigenvalue weighted by atomic mass is 35.5. The maximum atomic E-state index is 13.9. The van der Waals surface area contributed by atoms with Gasteiger partial charge in [-0.05, 0) is 36.2 Å². The standard InChI is InChI=1S/C16H16ClFN2/c17-13-5-6-15(18)12(7-13)9-20-10-14(19)8-11-3-1-2-4-16(11)20/h1-7,14H,8-10,19H2. The summed E-state index contributed by atoms with van der Waals surface area (Å²) in [5.41, 5.74) is 9.05. The number of benzene rings is 2. The van der Waals surface area contributed by atoms with Crippen LogP contribution in [0, 0.1) is 5.82 Å². The molecular formula is C16H16ClFN2. The van der Waals surface area contributed by atoms with Crippen LogP contribution in [0.2, 0.25) is 5.02 Å². The quantitative estimate of drug-likeness (QED) is 0.919. The van der Waals surface area contributed by atoms with Gasteiger partial charge in [0.05, 0.1) is 0 Å². The van der Waals surface area contributed by atoms with Crippen LogP contribution in [0.1, 0.15) is 11.1 Å². The van der Waals surface area contributed by atoms with Crippen LogP contribution in [0.4, 0.5) is 10.1 Å². The van der Waals surface area contributed by atoms with Crippen LogP contribution in [0.5, 0.6) is 0 Å². The molecule has 1 heterocycles. The third-order valence-corrected chi connectivity index (χ3v) is 3.87. The number of hydrogen-bond acceptors (Lipinski definition) is 2. The van der Waals surface area contributed by atoms with Gasteiger partial charge in [0.2, 0.25) is 0 Å². The topological polar surface area (TPSA) is 29.3 Å². The van der Waals surface area contributed by atoms with Crippen molar-refractivity contribution in [3.8, 4) is 0 Å². The Morgan fingerprint density at radius 1 is 1.25 bits per heavy atom. The minimum atomic E-state index is -0.231. The molecule has 4 heteroatoms. The van der Waals surface area contributed by atoms with Gasteiger partial charge in [-0.1, -0.05) is 29.8 Å². The first kappa shape index (κ1) is 13.4. The fourth-order valence-electron chi connectivity index (χ4n) is 2.74. The predicted molar refractivity (Wildman–Crippen MR) is 80.6 cm³/mol. The predicted octanol–water partition coefficient (Wildman–Crippen LogP) is 3.37. The first-order valence-corrected chi connectivity index (χ1v) is 7.03. The molecular weight excluding hydrogens is 275 g/mol. The van der Waals surface area contributed by atoms with E-state index in [9.17, 15) is 4.39 Å². The van der Waals surface area contributed by atoms with E-state index in [2.05, 4.69) is 17.0 Å². The van der Waals surface area contributed by atoms with Crippen LogP contribution in [-0.4, -0.2) is 12.6 Å². The maximum Gasteiger partial charge on any atom is 0.128 e. The highest BCUT2D eigenvalue weighted by Gasteiger charge is 2.22. The largest absolute Gasteiger partial charge is 0.365 e. The van der Waals surface area contributed by atoms with Crippen LogP contribution in [0.25, 0.3) is 0 Å². The molecule has 1 atom stereocenters. The zero-order valence-corrected chi connectivity index (χ0v) is 11.8. The lowest BCUT2D eigenvalue weighted by molar-refractivity contribution is 0.573.